The summed E-state index contributed by atoms with van der Waals surface area (Å²) < 4.78 is 6.95. The maximum absolute atomic E-state index is 12.7. The maximum Gasteiger partial charge on any atom is 0.341 e. The van der Waals surface area contributed by atoms with Crippen LogP contribution < -0.4 is 10.6 Å². The van der Waals surface area contributed by atoms with Crippen LogP contribution in [0.1, 0.15) is 46.4 Å². The molecule has 0 saturated heterocycles. The zero-order chi connectivity index (χ0) is 24.8. The molecule has 1 aliphatic carbocycles. The van der Waals surface area contributed by atoms with Gasteiger partial charge in [-0.3, -0.25) is 9.59 Å². The number of carbonyl (C=O) groups excluding carboxylic acids is 3. The van der Waals surface area contributed by atoms with Crippen LogP contribution >= 0.6 is 23.1 Å². The number of benzene rings is 1. The van der Waals surface area contributed by atoms with E-state index < -0.39 is 0 Å². The molecule has 2 N–H and O–H groups in total. The van der Waals surface area contributed by atoms with E-state index in [9.17, 15) is 14.4 Å². The van der Waals surface area contributed by atoms with Crippen molar-refractivity contribution in [2.45, 2.75) is 44.2 Å². The minimum Gasteiger partial charge on any atom is -0.462 e. The number of thiophene rings is 1. The van der Waals surface area contributed by atoms with E-state index in [1.54, 1.807) is 18.5 Å². The summed E-state index contributed by atoms with van der Waals surface area (Å²) in [7, 11) is 1.76. The van der Waals surface area contributed by atoms with Crippen LogP contribution in [0.25, 0.3) is 0 Å². The average Bonchev–Trinajstić information content (AvgIpc) is 3.38. The summed E-state index contributed by atoms with van der Waals surface area (Å²) in [5, 5.41) is 15.0. The van der Waals surface area contributed by atoms with Crippen molar-refractivity contribution in [2.75, 3.05) is 23.0 Å². The lowest BCUT2D eigenvalue weighted by molar-refractivity contribution is -0.116. The second kappa shape index (κ2) is 11.5. The molecule has 1 aliphatic rings. The van der Waals surface area contributed by atoms with Crippen LogP contribution in [0.5, 0.6) is 0 Å². The number of nitrogens with one attached hydrogen (secondary N) is 2. The Hall–Kier alpha value is -3.18. The van der Waals surface area contributed by atoms with E-state index >= 15 is 0 Å². The number of fused-ring (bicyclic) bond motifs is 1. The van der Waals surface area contributed by atoms with Gasteiger partial charge in [-0.15, -0.1) is 21.5 Å². The normalized spacial score (nSPS) is 12.6. The second-order valence-electron chi connectivity index (χ2n) is 8.02. The number of ether oxygens (including phenoxy) is 1. The molecule has 2 aromatic heterocycles. The number of amides is 2. The number of nitrogens with zero attached hydrogens (tertiary/aromatic N) is 3. The molecule has 0 spiro atoms. The molecule has 3 aromatic rings. The zero-order valence-corrected chi connectivity index (χ0v) is 21.3. The van der Waals surface area contributed by atoms with Crippen molar-refractivity contribution in [1.29, 1.82) is 0 Å². The molecule has 184 valence electrons. The Morgan fingerprint density at radius 1 is 1.09 bits per heavy atom. The lowest BCUT2D eigenvalue weighted by atomic mass is 9.95. The molecule has 2 amide bonds. The number of rotatable bonds is 9. The van der Waals surface area contributed by atoms with Crippen molar-refractivity contribution in [2.24, 2.45) is 7.05 Å². The molecular formula is C24H27N5O4S2. The van der Waals surface area contributed by atoms with Crippen molar-refractivity contribution in [3.63, 3.8) is 0 Å². The van der Waals surface area contributed by atoms with E-state index in [4.69, 9.17) is 4.74 Å². The van der Waals surface area contributed by atoms with Crippen molar-refractivity contribution < 1.29 is 19.1 Å². The van der Waals surface area contributed by atoms with Crippen LogP contribution in [0.3, 0.4) is 0 Å². The summed E-state index contributed by atoms with van der Waals surface area (Å²) in [4.78, 5) is 38.8. The molecule has 0 atom stereocenters. The second-order valence-corrected chi connectivity index (χ2v) is 10.1. The third kappa shape index (κ3) is 6.09. The van der Waals surface area contributed by atoms with Gasteiger partial charge < -0.3 is 19.9 Å². The summed E-state index contributed by atoms with van der Waals surface area (Å²) in [6, 6.07) is 9.19. The molecule has 9 nitrogen and oxygen atoms in total. The van der Waals surface area contributed by atoms with E-state index in [1.165, 1.54) is 23.1 Å². The fraction of sp³-hybridized carbons (Fsp3) is 0.375. The first-order chi connectivity index (χ1) is 17.0. The zero-order valence-electron chi connectivity index (χ0n) is 19.6. The number of esters is 1. The number of aryl methyl sites for hydroxylation is 1. The molecule has 2 heterocycles. The highest BCUT2D eigenvalue weighted by molar-refractivity contribution is 7.99. The van der Waals surface area contributed by atoms with Gasteiger partial charge in [-0.25, -0.2) is 4.79 Å². The number of aromatic nitrogens is 3. The van der Waals surface area contributed by atoms with Crippen LogP contribution in [-0.4, -0.2) is 44.9 Å². The number of hydrogen-bond donors (Lipinski definition) is 2. The van der Waals surface area contributed by atoms with Gasteiger partial charge >= 0.3 is 5.97 Å². The van der Waals surface area contributed by atoms with Gasteiger partial charge in [0.25, 0.3) is 0 Å². The quantitative estimate of drug-likeness (QED) is 0.330. The lowest BCUT2D eigenvalue weighted by Gasteiger charge is -2.12. The Balaban J connectivity index is 1.36. The molecule has 0 radical (unpaired) electrons. The molecule has 0 aliphatic heterocycles. The van der Waals surface area contributed by atoms with Gasteiger partial charge in [0.2, 0.25) is 11.8 Å². The van der Waals surface area contributed by atoms with Crippen LogP contribution in [0.4, 0.5) is 10.7 Å². The number of para-hydroxylation sites is 1. The predicted octanol–water partition coefficient (Wildman–Crippen LogP) is 3.84. The molecule has 11 heteroatoms. The number of thioether (sulfide) groups is 1. The fourth-order valence-corrected chi connectivity index (χ4v) is 5.88. The van der Waals surface area contributed by atoms with Gasteiger partial charge in [0.15, 0.2) is 5.16 Å². The molecule has 4 rings (SSSR count). The Bertz CT molecular complexity index is 1220. The molecule has 0 unspecified atom stereocenters. The third-order valence-electron chi connectivity index (χ3n) is 5.54. The predicted molar refractivity (Wildman–Crippen MR) is 136 cm³/mol. The van der Waals surface area contributed by atoms with E-state index in [-0.39, 0.29) is 36.6 Å². The van der Waals surface area contributed by atoms with E-state index in [1.807, 2.05) is 30.3 Å². The molecule has 1 aromatic carbocycles. The number of anilines is 2. The smallest absolute Gasteiger partial charge is 0.341 e. The lowest BCUT2D eigenvalue weighted by Crippen LogP contribution is -2.18. The average molecular weight is 514 g/mol. The first kappa shape index (κ1) is 24.9. The van der Waals surface area contributed by atoms with Gasteiger partial charge in [-0.05, 0) is 50.3 Å². The minimum atomic E-state index is -0.387. The Morgan fingerprint density at radius 2 is 1.86 bits per heavy atom. The topological polar surface area (TPSA) is 115 Å². The van der Waals surface area contributed by atoms with Crippen LogP contribution in [0, 0.1) is 0 Å². The first-order valence-corrected chi connectivity index (χ1v) is 13.2. The van der Waals surface area contributed by atoms with E-state index in [2.05, 4.69) is 20.8 Å². The molecule has 0 fully saturated rings. The van der Waals surface area contributed by atoms with E-state index in [0.717, 1.165) is 36.1 Å². The number of hydrogen-bond acceptors (Lipinski definition) is 8. The van der Waals surface area contributed by atoms with Crippen molar-refractivity contribution in [3.05, 3.63) is 52.2 Å². The standard InChI is InChI=1S/C24H27N5O4S2/c1-3-33-23(32)21-16-11-7-8-12-17(16)35-22(21)26-20(31)14-34-24-28-27-18(29(24)2)13-19(30)25-15-9-5-4-6-10-15/h4-6,9-10H,3,7-8,11-14H2,1-2H3,(H,25,30)(H,26,31). The molecular weight excluding hydrogens is 486 g/mol. The summed E-state index contributed by atoms with van der Waals surface area (Å²) in [5.74, 6) is -0.245. The van der Waals surface area contributed by atoms with Crippen LogP contribution in [-0.2, 0) is 40.6 Å². The Kier molecular flexibility index (Phi) is 8.19. The fourth-order valence-electron chi connectivity index (χ4n) is 3.86. The first-order valence-electron chi connectivity index (χ1n) is 11.4. The largest absolute Gasteiger partial charge is 0.462 e. The highest BCUT2D eigenvalue weighted by Gasteiger charge is 2.27. The van der Waals surface area contributed by atoms with Crippen LogP contribution in [0.2, 0.25) is 0 Å². The maximum atomic E-state index is 12.7. The summed E-state index contributed by atoms with van der Waals surface area (Å²) >= 11 is 2.68. The van der Waals surface area contributed by atoms with Gasteiger partial charge in [0.05, 0.1) is 24.3 Å². The third-order valence-corrected chi connectivity index (χ3v) is 7.76. The van der Waals surface area contributed by atoms with Crippen LogP contribution in [0.15, 0.2) is 35.5 Å². The van der Waals surface area contributed by atoms with Gasteiger partial charge in [0.1, 0.15) is 10.8 Å². The van der Waals surface area contributed by atoms with Crippen molar-refractivity contribution in [1.82, 2.24) is 14.8 Å². The highest BCUT2D eigenvalue weighted by atomic mass is 32.2. The Morgan fingerprint density at radius 3 is 2.63 bits per heavy atom. The van der Waals surface area contributed by atoms with E-state index in [0.29, 0.717) is 27.2 Å². The molecule has 35 heavy (non-hydrogen) atoms. The van der Waals surface area contributed by atoms with Crippen molar-refractivity contribution in [3.8, 4) is 0 Å². The van der Waals surface area contributed by atoms with Gasteiger partial charge in [-0.2, -0.15) is 0 Å². The summed E-state index contributed by atoms with van der Waals surface area (Å²) in [6.07, 6.45) is 3.91. The minimum absolute atomic E-state index is 0.0643. The SMILES string of the molecule is CCOC(=O)c1c(NC(=O)CSc2nnc(CC(=O)Nc3ccccc3)n2C)sc2c1CCCC2. The Labute approximate surface area is 211 Å². The molecule has 0 bridgehead atoms. The van der Waals surface area contributed by atoms with Crippen molar-refractivity contribution >= 4 is 51.6 Å². The van der Waals surface area contributed by atoms with Gasteiger partial charge in [0, 0.05) is 17.6 Å². The summed E-state index contributed by atoms with van der Waals surface area (Å²) in [5.41, 5.74) is 2.22. The number of carbonyl (C=O) groups is 3. The van der Waals surface area contributed by atoms with Gasteiger partial charge in [-0.1, -0.05) is 30.0 Å². The summed E-state index contributed by atoms with van der Waals surface area (Å²) in [6.45, 7) is 2.05. The highest BCUT2D eigenvalue weighted by Crippen LogP contribution is 2.38. The monoisotopic (exact) mass is 513 g/mol. The molecule has 0 saturated carbocycles.